The standard InChI is InChI=1S/C16H19FN4O2/c1-23-15-6-5-11(9-13(15)17)10-16-18-19-20-21(16)8-7-12-3-2-4-14(12)22/h5-6,9,12H,2-4,7-8,10H2,1H3/t12-/m0/s1. The van der Waals surface area contributed by atoms with Crippen LogP contribution >= 0.6 is 0 Å². The fourth-order valence-corrected chi connectivity index (χ4v) is 3.00. The first-order chi connectivity index (χ1) is 11.2. The van der Waals surface area contributed by atoms with E-state index in [1.807, 2.05) is 0 Å². The van der Waals surface area contributed by atoms with Crippen molar-refractivity contribution < 1.29 is 13.9 Å². The average molecular weight is 318 g/mol. The van der Waals surface area contributed by atoms with E-state index in [0.29, 0.717) is 31.0 Å². The van der Waals surface area contributed by atoms with E-state index in [2.05, 4.69) is 15.5 Å². The first-order valence-electron chi connectivity index (χ1n) is 7.77. The van der Waals surface area contributed by atoms with Gasteiger partial charge in [0.15, 0.2) is 17.4 Å². The molecule has 6 nitrogen and oxygen atoms in total. The van der Waals surface area contributed by atoms with E-state index in [0.717, 1.165) is 24.8 Å². The van der Waals surface area contributed by atoms with Gasteiger partial charge in [-0.1, -0.05) is 6.07 Å². The number of tetrazole rings is 1. The average Bonchev–Trinajstić information content (AvgIpc) is 3.14. The molecule has 0 radical (unpaired) electrons. The summed E-state index contributed by atoms with van der Waals surface area (Å²) in [7, 11) is 1.43. The number of aryl methyl sites for hydroxylation is 1. The van der Waals surface area contributed by atoms with Crippen molar-refractivity contribution in [3.05, 3.63) is 35.4 Å². The van der Waals surface area contributed by atoms with Crippen molar-refractivity contribution >= 4 is 5.78 Å². The number of hydrogen-bond donors (Lipinski definition) is 0. The maximum absolute atomic E-state index is 13.8. The zero-order valence-electron chi connectivity index (χ0n) is 13.0. The molecule has 1 saturated carbocycles. The molecule has 1 aliphatic rings. The maximum atomic E-state index is 13.8. The van der Waals surface area contributed by atoms with Gasteiger partial charge in [-0.3, -0.25) is 4.79 Å². The highest BCUT2D eigenvalue weighted by atomic mass is 19.1. The zero-order valence-corrected chi connectivity index (χ0v) is 13.0. The molecular weight excluding hydrogens is 299 g/mol. The lowest BCUT2D eigenvalue weighted by atomic mass is 10.0. The number of halogens is 1. The topological polar surface area (TPSA) is 69.9 Å². The van der Waals surface area contributed by atoms with Crippen LogP contribution in [-0.2, 0) is 17.8 Å². The molecular formula is C16H19FN4O2. The molecule has 23 heavy (non-hydrogen) atoms. The fraction of sp³-hybridized carbons (Fsp3) is 0.500. The van der Waals surface area contributed by atoms with Gasteiger partial charge in [0.05, 0.1) is 7.11 Å². The molecule has 122 valence electrons. The molecule has 0 amide bonds. The van der Waals surface area contributed by atoms with Crippen LogP contribution in [-0.4, -0.2) is 33.1 Å². The lowest BCUT2D eigenvalue weighted by molar-refractivity contribution is -0.120. The molecule has 0 unspecified atom stereocenters. The molecule has 0 saturated heterocycles. The van der Waals surface area contributed by atoms with Crippen molar-refractivity contribution in [2.24, 2.45) is 5.92 Å². The van der Waals surface area contributed by atoms with Crippen molar-refractivity contribution in [1.82, 2.24) is 20.2 Å². The number of carbonyl (C=O) groups is 1. The van der Waals surface area contributed by atoms with Crippen molar-refractivity contribution in [3.8, 4) is 5.75 Å². The lowest BCUT2D eigenvalue weighted by Crippen LogP contribution is -2.13. The molecule has 1 fully saturated rings. The van der Waals surface area contributed by atoms with Crippen LogP contribution in [0.5, 0.6) is 5.75 Å². The van der Waals surface area contributed by atoms with Gasteiger partial charge in [0.25, 0.3) is 0 Å². The van der Waals surface area contributed by atoms with Crippen LogP contribution in [0.25, 0.3) is 0 Å². The third-order valence-corrected chi connectivity index (χ3v) is 4.30. The molecule has 1 atom stereocenters. The highest BCUT2D eigenvalue weighted by Gasteiger charge is 2.24. The van der Waals surface area contributed by atoms with Crippen molar-refractivity contribution in [2.75, 3.05) is 7.11 Å². The quantitative estimate of drug-likeness (QED) is 0.816. The summed E-state index contributed by atoms with van der Waals surface area (Å²) in [5.74, 6) is 0.955. The van der Waals surface area contributed by atoms with Gasteiger partial charge in [-0.05, 0) is 47.4 Å². The maximum Gasteiger partial charge on any atom is 0.165 e. The first kappa shape index (κ1) is 15.6. The van der Waals surface area contributed by atoms with Gasteiger partial charge < -0.3 is 4.74 Å². The smallest absolute Gasteiger partial charge is 0.165 e. The van der Waals surface area contributed by atoms with Crippen LogP contribution in [0, 0.1) is 11.7 Å². The predicted molar refractivity (Wildman–Crippen MR) is 80.5 cm³/mol. The van der Waals surface area contributed by atoms with Gasteiger partial charge in [0, 0.05) is 25.3 Å². The second kappa shape index (κ2) is 6.85. The van der Waals surface area contributed by atoms with Gasteiger partial charge in [-0.2, -0.15) is 0 Å². The molecule has 1 heterocycles. The Morgan fingerprint density at radius 3 is 3.00 bits per heavy atom. The Morgan fingerprint density at radius 2 is 2.30 bits per heavy atom. The SMILES string of the molecule is COc1ccc(Cc2nnnn2CC[C@@H]2CCCC2=O)cc1F. The summed E-state index contributed by atoms with van der Waals surface area (Å²) < 4.78 is 20.4. The van der Waals surface area contributed by atoms with Crippen molar-refractivity contribution in [1.29, 1.82) is 0 Å². The number of benzene rings is 1. The summed E-state index contributed by atoms with van der Waals surface area (Å²) in [6, 6.07) is 4.82. The Hall–Kier alpha value is -2.31. The second-order valence-electron chi connectivity index (χ2n) is 5.81. The van der Waals surface area contributed by atoms with E-state index >= 15 is 0 Å². The molecule has 1 aromatic heterocycles. The number of carbonyl (C=O) groups excluding carboxylic acids is 1. The molecule has 0 bridgehead atoms. The van der Waals surface area contributed by atoms with Crippen molar-refractivity contribution in [2.45, 2.75) is 38.6 Å². The molecule has 7 heteroatoms. The monoisotopic (exact) mass is 318 g/mol. The number of ether oxygens (including phenoxy) is 1. The van der Waals surface area contributed by atoms with Gasteiger partial charge in [-0.15, -0.1) is 5.10 Å². The summed E-state index contributed by atoms with van der Waals surface area (Å²) in [6.07, 6.45) is 3.83. The second-order valence-corrected chi connectivity index (χ2v) is 5.81. The largest absolute Gasteiger partial charge is 0.494 e. The summed E-state index contributed by atoms with van der Waals surface area (Å²) in [5, 5.41) is 11.7. The Labute approximate surface area is 133 Å². The number of hydrogen-bond acceptors (Lipinski definition) is 5. The Balaban J connectivity index is 1.66. The third kappa shape index (κ3) is 3.55. The van der Waals surface area contributed by atoms with Crippen LogP contribution in [0.15, 0.2) is 18.2 Å². The highest BCUT2D eigenvalue weighted by molar-refractivity contribution is 5.82. The summed E-state index contributed by atoms with van der Waals surface area (Å²) in [4.78, 5) is 11.7. The van der Waals surface area contributed by atoms with E-state index in [4.69, 9.17) is 4.74 Å². The normalized spacial score (nSPS) is 17.7. The number of aromatic nitrogens is 4. The molecule has 0 spiro atoms. The number of rotatable bonds is 6. The molecule has 0 aliphatic heterocycles. The summed E-state index contributed by atoms with van der Waals surface area (Å²) in [6.45, 7) is 0.609. The van der Waals surface area contributed by atoms with Crippen LogP contribution in [0.3, 0.4) is 0 Å². The van der Waals surface area contributed by atoms with Crippen LogP contribution in [0.1, 0.15) is 37.1 Å². The third-order valence-electron chi connectivity index (χ3n) is 4.30. The number of nitrogens with zero attached hydrogens (tertiary/aromatic N) is 4. The molecule has 2 aromatic rings. The van der Waals surface area contributed by atoms with Crippen molar-refractivity contribution in [3.63, 3.8) is 0 Å². The van der Waals surface area contributed by atoms with E-state index in [1.54, 1.807) is 16.8 Å². The minimum absolute atomic E-state index is 0.130. The zero-order chi connectivity index (χ0) is 16.2. The van der Waals surface area contributed by atoms with Gasteiger partial charge >= 0.3 is 0 Å². The predicted octanol–water partition coefficient (Wildman–Crippen LogP) is 2.17. The van der Waals surface area contributed by atoms with Crippen LogP contribution < -0.4 is 4.74 Å². The minimum atomic E-state index is -0.402. The van der Waals surface area contributed by atoms with Crippen LogP contribution in [0.4, 0.5) is 4.39 Å². The lowest BCUT2D eigenvalue weighted by Gasteiger charge is -2.09. The number of methoxy groups -OCH3 is 1. The Bertz CT molecular complexity index is 701. The van der Waals surface area contributed by atoms with Gasteiger partial charge in [0.2, 0.25) is 0 Å². The molecule has 0 N–H and O–H groups in total. The van der Waals surface area contributed by atoms with Gasteiger partial charge in [-0.25, -0.2) is 9.07 Å². The highest BCUT2D eigenvalue weighted by Crippen LogP contribution is 2.25. The minimum Gasteiger partial charge on any atom is -0.494 e. The Morgan fingerprint density at radius 1 is 1.43 bits per heavy atom. The van der Waals surface area contributed by atoms with E-state index in [9.17, 15) is 9.18 Å². The molecule has 1 aromatic carbocycles. The summed E-state index contributed by atoms with van der Waals surface area (Å²) in [5.41, 5.74) is 0.774. The van der Waals surface area contributed by atoms with E-state index < -0.39 is 5.82 Å². The van der Waals surface area contributed by atoms with E-state index in [1.165, 1.54) is 13.2 Å². The molecule has 1 aliphatic carbocycles. The van der Waals surface area contributed by atoms with Gasteiger partial charge in [0.1, 0.15) is 5.78 Å². The Kier molecular flexibility index (Phi) is 4.64. The molecule has 3 rings (SSSR count). The first-order valence-corrected chi connectivity index (χ1v) is 7.77. The number of ketones is 1. The number of Topliss-reactive ketones (excluding diaryl/α,β-unsaturated/α-hetero) is 1. The van der Waals surface area contributed by atoms with Crippen LogP contribution in [0.2, 0.25) is 0 Å². The van der Waals surface area contributed by atoms with E-state index in [-0.39, 0.29) is 11.7 Å². The summed E-state index contributed by atoms with van der Waals surface area (Å²) >= 11 is 0. The fourth-order valence-electron chi connectivity index (χ4n) is 3.00.